The maximum atomic E-state index is 12.8. The summed E-state index contributed by atoms with van der Waals surface area (Å²) >= 11 is 0. The topological polar surface area (TPSA) is 64.0 Å². The molecule has 0 atom stereocenters. The van der Waals surface area contributed by atoms with Crippen LogP contribution in [0, 0.1) is 13.8 Å². The number of sulfonamides is 1. The van der Waals surface area contributed by atoms with Crippen LogP contribution in [0.15, 0.2) is 59.6 Å². The van der Waals surface area contributed by atoms with Gasteiger partial charge in [0.15, 0.2) is 0 Å². The van der Waals surface area contributed by atoms with E-state index >= 15 is 0 Å². The normalized spacial score (nSPS) is 11.5. The van der Waals surface area contributed by atoms with E-state index in [2.05, 4.69) is 9.82 Å². The lowest BCUT2D eigenvalue weighted by atomic mass is 10.1. The van der Waals surface area contributed by atoms with E-state index in [4.69, 9.17) is 0 Å². The minimum atomic E-state index is -3.68. The molecule has 0 aliphatic rings. The Morgan fingerprint density at radius 3 is 2.42 bits per heavy atom. The molecule has 0 saturated carbocycles. The Bertz CT molecular complexity index is 977. The number of nitrogens with zero attached hydrogens (tertiary/aromatic N) is 2. The third-order valence-corrected chi connectivity index (χ3v) is 5.38. The molecule has 0 aliphatic heterocycles. The van der Waals surface area contributed by atoms with Gasteiger partial charge in [0.25, 0.3) is 10.0 Å². The molecule has 0 aliphatic carbocycles. The van der Waals surface area contributed by atoms with E-state index in [9.17, 15) is 8.42 Å². The fourth-order valence-electron chi connectivity index (χ4n) is 2.75. The summed E-state index contributed by atoms with van der Waals surface area (Å²) in [7, 11) is -1.89. The average molecular weight is 341 g/mol. The summed E-state index contributed by atoms with van der Waals surface area (Å²) in [6, 6.07) is 14.9. The Hall–Kier alpha value is -2.60. The second kappa shape index (κ2) is 6.13. The summed E-state index contributed by atoms with van der Waals surface area (Å²) in [5, 5.41) is 4.20. The van der Waals surface area contributed by atoms with Gasteiger partial charge in [-0.2, -0.15) is 5.10 Å². The van der Waals surface area contributed by atoms with E-state index in [-0.39, 0.29) is 4.90 Å². The average Bonchev–Trinajstić information content (AvgIpc) is 2.87. The molecule has 2 aromatic carbocycles. The molecule has 3 rings (SSSR count). The van der Waals surface area contributed by atoms with Gasteiger partial charge in [-0.15, -0.1) is 0 Å². The van der Waals surface area contributed by atoms with Gasteiger partial charge in [0.05, 0.1) is 22.5 Å². The number of rotatable bonds is 4. The number of benzene rings is 2. The van der Waals surface area contributed by atoms with Gasteiger partial charge in [0, 0.05) is 12.6 Å². The Labute approximate surface area is 142 Å². The highest BCUT2D eigenvalue weighted by Crippen LogP contribution is 2.29. The van der Waals surface area contributed by atoms with E-state index in [1.165, 1.54) is 6.20 Å². The van der Waals surface area contributed by atoms with Gasteiger partial charge < -0.3 is 0 Å². The van der Waals surface area contributed by atoms with Gasteiger partial charge in [0.1, 0.15) is 0 Å². The molecule has 1 N–H and O–H groups in total. The van der Waals surface area contributed by atoms with Crippen LogP contribution in [0.4, 0.5) is 5.69 Å². The van der Waals surface area contributed by atoms with Crippen LogP contribution in [0.1, 0.15) is 11.1 Å². The van der Waals surface area contributed by atoms with Gasteiger partial charge in [0.2, 0.25) is 0 Å². The SMILES string of the molecule is Cc1ccc(S(=O)(=O)Nc2cnn(C)c2-c2ccccc2)c(C)c1. The van der Waals surface area contributed by atoms with Crippen LogP contribution in [0.2, 0.25) is 0 Å². The molecule has 5 nitrogen and oxygen atoms in total. The van der Waals surface area contributed by atoms with Crippen molar-refractivity contribution in [3.63, 3.8) is 0 Å². The van der Waals surface area contributed by atoms with E-state index in [1.807, 2.05) is 43.3 Å². The highest BCUT2D eigenvalue weighted by molar-refractivity contribution is 7.92. The lowest BCUT2D eigenvalue weighted by Gasteiger charge is -2.12. The van der Waals surface area contributed by atoms with Crippen molar-refractivity contribution in [3.8, 4) is 11.3 Å². The molecule has 3 aromatic rings. The molecule has 0 spiro atoms. The molecule has 0 saturated heterocycles. The lowest BCUT2D eigenvalue weighted by molar-refractivity contribution is 0.600. The largest absolute Gasteiger partial charge is 0.276 e. The number of anilines is 1. The van der Waals surface area contributed by atoms with Crippen LogP contribution in [0.3, 0.4) is 0 Å². The van der Waals surface area contributed by atoms with Gasteiger partial charge >= 0.3 is 0 Å². The van der Waals surface area contributed by atoms with Crippen LogP contribution < -0.4 is 4.72 Å². The summed E-state index contributed by atoms with van der Waals surface area (Å²) in [4.78, 5) is 0.274. The van der Waals surface area contributed by atoms with Crippen LogP contribution in [0.25, 0.3) is 11.3 Å². The van der Waals surface area contributed by atoms with Crippen molar-refractivity contribution in [2.45, 2.75) is 18.7 Å². The highest BCUT2D eigenvalue weighted by atomic mass is 32.2. The lowest BCUT2D eigenvalue weighted by Crippen LogP contribution is -2.14. The summed E-state index contributed by atoms with van der Waals surface area (Å²) in [5.74, 6) is 0. The Morgan fingerprint density at radius 2 is 1.75 bits per heavy atom. The van der Waals surface area contributed by atoms with Crippen molar-refractivity contribution in [2.24, 2.45) is 7.05 Å². The zero-order valence-electron chi connectivity index (χ0n) is 13.8. The number of aromatic nitrogens is 2. The molecule has 0 fully saturated rings. The van der Waals surface area contributed by atoms with Crippen LogP contribution in [-0.4, -0.2) is 18.2 Å². The second-order valence-corrected chi connectivity index (χ2v) is 7.42. The maximum absolute atomic E-state index is 12.8. The number of aryl methyl sites for hydroxylation is 3. The van der Waals surface area contributed by atoms with Crippen molar-refractivity contribution in [1.29, 1.82) is 0 Å². The smallest absolute Gasteiger partial charge is 0.262 e. The second-order valence-electron chi connectivity index (χ2n) is 5.77. The molecule has 0 amide bonds. The first-order valence-corrected chi connectivity index (χ1v) is 9.04. The van der Waals surface area contributed by atoms with Gasteiger partial charge in [-0.25, -0.2) is 8.42 Å². The highest BCUT2D eigenvalue weighted by Gasteiger charge is 2.20. The predicted molar refractivity (Wildman–Crippen MR) is 95.4 cm³/mol. The zero-order valence-corrected chi connectivity index (χ0v) is 14.6. The number of nitrogens with one attached hydrogen (secondary N) is 1. The molecule has 24 heavy (non-hydrogen) atoms. The Balaban J connectivity index is 2.03. The summed E-state index contributed by atoms with van der Waals surface area (Å²) in [5.41, 5.74) is 3.83. The monoisotopic (exact) mass is 341 g/mol. The molecule has 0 bridgehead atoms. The molecule has 124 valence electrons. The number of hydrogen-bond acceptors (Lipinski definition) is 3. The van der Waals surface area contributed by atoms with Crippen molar-refractivity contribution < 1.29 is 8.42 Å². The molecule has 1 heterocycles. The fourth-order valence-corrected chi connectivity index (χ4v) is 4.03. The molecule has 1 aromatic heterocycles. The maximum Gasteiger partial charge on any atom is 0.262 e. The van der Waals surface area contributed by atoms with E-state index in [0.717, 1.165) is 16.8 Å². The molecule has 0 unspecified atom stereocenters. The third kappa shape index (κ3) is 3.05. The van der Waals surface area contributed by atoms with Crippen molar-refractivity contribution in [3.05, 3.63) is 65.9 Å². The van der Waals surface area contributed by atoms with E-state index in [0.29, 0.717) is 11.3 Å². The molecule has 6 heteroatoms. The van der Waals surface area contributed by atoms with E-state index in [1.54, 1.807) is 30.8 Å². The first kappa shape index (κ1) is 16.3. The number of hydrogen-bond donors (Lipinski definition) is 1. The molecule has 0 radical (unpaired) electrons. The Morgan fingerprint density at radius 1 is 1.04 bits per heavy atom. The Kier molecular flexibility index (Phi) is 4.15. The van der Waals surface area contributed by atoms with Crippen LogP contribution in [0.5, 0.6) is 0 Å². The first-order valence-electron chi connectivity index (χ1n) is 7.56. The van der Waals surface area contributed by atoms with Crippen LogP contribution >= 0.6 is 0 Å². The zero-order chi connectivity index (χ0) is 17.3. The molecular weight excluding hydrogens is 322 g/mol. The minimum absolute atomic E-state index is 0.274. The quantitative estimate of drug-likeness (QED) is 0.790. The molecular formula is C18H19N3O2S. The third-order valence-electron chi connectivity index (χ3n) is 3.85. The van der Waals surface area contributed by atoms with Gasteiger partial charge in [-0.05, 0) is 25.5 Å². The van der Waals surface area contributed by atoms with Crippen molar-refractivity contribution >= 4 is 15.7 Å². The van der Waals surface area contributed by atoms with E-state index < -0.39 is 10.0 Å². The standard InChI is InChI=1S/C18H19N3O2S/c1-13-9-10-17(14(2)11-13)24(22,23)20-16-12-19-21(3)18(16)15-7-5-4-6-8-15/h4-12,20H,1-3H3. The van der Waals surface area contributed by atoms with Crippen molar-refractivity contribution in [2.75, 3.05) is 4.72 Å². The van der Waals surface area contributed by atoms with Crippen molar-refractivity contribution in [1.82, 2.24) is 9.78 Å². The van der Waals surface area contributed by atoms with Gasteiger partial charge in [-0.1, -0.05) is 48.0 Å². The fraction of sp³-hybridized carbons (Fsp3) is 0.167. The summed E-state index contributed by atoms with van der Waals surface area (Å²) in [6.45, 7) is 3.73. The minimum Gasteiger partial charge on any atom is -0.276 e. The summed E-state index contributed by atoms with van der Waals surface area (Å²) in [6.07, 6.45) is 1.53. The first-order chi connectivity index (χ1) is 11.4. The summed E-state index contributed by atoms with van der Waals surface area (Å²) < 4.78 is 29.9. The van der Waals surface area contributed by atoms with Gasteiger partial charge in [-0.3, -0.25) is 9.40 Å². The predicted octanol–water partition coefficient (Wildman–Crippen LogP) is 3.50. The van der Waals surface area contributed by atoms with Crippen LogP contribution in [-0.2, 0) is 17.1 Å².